The molecule has 0 bridgehead atoms. The molecule has 0 N–H and O–H groups in total. The minimum atomic E-state index is -0.835. The van der Waals surface area contributed by atoms with E-state index in [4.69, 9.17) is 18.9 Å². The number of carbonyl (C=O) groups excluding carboxylic acids is 2. The van der Waals surface area contributed by atoms with E-state index in [-0.39, 0.29) is 12.2 Å². The van der Waals surface area contributed by atoms with E-state index in [1.54, 1.807) is 32.1 Å². The highest BCUT2D eigenvalue weighted by Gasteiger charge is 2.21. The van der Waals surface area contributed by atoms with Crippen LogP contribution in [0.4, 0.5) is 0 Å². The van der Waals surface area contributed by atoms with E-state index in [2.05, 4.69) is 0 Å². The fraction of sp³-hybridized carbons (Fsp3) is 0.412. The van der Waals surface area contributed by atoms with Gasteiger partial charge in [-0.3, -0.25) is 9.59 Å². The molecule has 0 radical (unpaired) electrons. The second-order valence-corrected chi connectivity index (χ2v) is 5.41. The van der Waals surface area contributed by atoms with Crippen LogP contribution in [0.15, 0.2) is 18.2 Å². The Morgan fingerprint density at radius 3 is 2.09 bits per heavy atom. The lowest BCUT2D eigenvalue weighted by atomic mass is 10.0. The molecule has 23 heavy (non-hydrogen) atoms. The first kappa shape index (κ1) is 18.5. The van der Waals surface area contributed by atoms with Crippen LogP contribution in [0.25, 0.3) is 6.08 Å². The third-order valence-electron chi connectivity index (χ3n) is 3.12. The molecule has 1 aromatic carbocycles. The van der Waals surface area contributed by atoms with Gasteiger partial charge in [-0.1, -0.05) is 6.08 Å². The number of hydrogen-bond acceptors (Lipinski definition) is 6. The molecule has 6 heteroatoms. The lowest BCUT2D eigenvalue weighted by molar-refractivity contribution is -0.142. The summed E-state index contributed by atoms with van der Waals surface area (Å²) in [6, 6.07) is 3.47. The van der Waals surface area contributed by atoms with Crippen molar-refractivity contribution in [1.82, 2.24) is 0 Å². The number of hydrogen-bond donors (Lipinski definition) is 0. The Morgan fingerprint density at radius 1 is 1.09 bits per heavy atom. The first-order valence-corrected chi connectivity index (χ1v) is 6.99. The minimum Gasteiger partial charge on any atom is -0.493 e. The van der Waals surface area contributed by atoms with Crippen molar-refractivity contribution >= 4 is 18.3 Å². The number of carbonyl (C=O) groups is 2. The van der Waals surface area contributed by atoms with Crippen LogP contribution in [0.3, 0.4) is 0 Å². The summed E-state index contributed by atoms with van der Waals surface area (Å²) in [5.74, 6) is 1.33. The predicted molar refractivity (Wildman–Crippen MR) is 86.0 cm³/mol. The summed E-state index contributed by atoms with van der Waals surface area (Å²) in [5.41, 5.74) is -0.111. The zero-order valence-corrected chi connectivity index (χ0v) is 14.0. The van der Waals surface area contributed by atoms with Crippen molar-refractivity contribution in [3.63, 3.8) is 0 Å². The summed E-state index contributed by atoms with van der Waals surface area (Å²) < 4.78 is 20.6. The molecule has 1 rings (SSSR count). The standard InChI is InChI=1S/C17H22O6/c1-17(2,23-11-18)10-13(19)7-6-12-8-14(20-3)16(22-5)15(9-12)21-4/h6-9,11H,10H2,1-5H3. The molecule has 0 aliphatic carbocycles. The molecule has 126 valence electrons. The number of allylic oxidation sites excluding steroid dienone is 1. The van der Waals surface area contributed by atoms with Crippen LogP contribution in [0.2, 0.25) is 0 Å². The maximum Gasteiger partial charge on any atom is 0.293 e. The zero-order valence-electron chi connectivity index (χ0n) is 14.0. The Morgan fingerprint density at radius 2 is 1.65 bits per heavy atom. The third-order valence-corrected chi connectivity index (χ3v) is 3.12. The van der Waals surface area contributed by atoms with Crippen LogP contribution in [-0.4, -0.2) is 39.2 Å². The van der Waals surface area contributed by atoms with E-state index in [1.165, 1.54) is 27.4 Å². The van der Waals surface area contributed by atoms with E-state index < -0.39 is 5.60 Å². The Labute approximate surface area is 136 Å². The molecule has 1 aromatic rings. The van der Waals surface area contributed by atoms with E-state index >= 15 is 0 Å². The molecular weight excluding hydrogens is 300 g/mol. The number of ketones is 1. The van der Waals surface area contributed by atoms with Gasteiger partial charge >= 0.3 is 0 Å². The van der Waals surface area contributed by atoms with Crippen LogP contribution >= 0.6 is 0 Å². The zero-order chi connectivity index (χ0) is 17.5. The first-order valence-electron chi connectivity index (χ1n) is 6.99. The smallest absolute Gasteiger partial charge is 0.293 e. The summed E-state index contributed by atoms with van der Waals surface area (Å²) in [6.07, 6.45) is 3.16. The lowest BCUT2D eigenvalue weighted by Gasteiger charge is -2.20. The minimum absolute atomic E-state index is 0.0899. The molecule has 0 saturated carbocycles. The second kappa shape index (κ2) is 8.22. The van der Waals surface area contributed by atoms with Gasteiger partial charge in [0.15, 0.2) is 17.3 Å². The molecule has 0 amide bonds. The topological polar surface area (TPSA) is 71.1 Å². The monoisotopic (exact) mass is 322 g/mol. The van der Waals surface area contributed by atoms with E-state index in [0.717, 1.165) is 5.56 Å². The molecule has 0 unspecified atom stereocenters. The first-order chi connectivity index (χ1) is 10.9. The highest BCUT2D eigenvalue weighted by Crippen LogP contribution is 2.38. The summed E-state index contributed by atoms with van der Waals surface area (Å²) in [5, 5.41) is 0. The molecule has 0 aliphatic heterocycles. The largest absolute Gasteiger partial charge is 0.493 e. The summed E-state index contributed by atoms with van der Waals surface area (Å²) in [7, 11) is 4.57. The molecule has 0 aliphatic rings. The normalized spacial score (nSPS) is 11.2. The van der Waals surface area contributed by atoms with E-state index in [9.17, 15) is 9.59 Å². The van der Waals surface area contributed by atoms with Crippen LogP contribution < -0.4 is 14.2 Å². The van der Waals surface area contributed by atoms with Gasteiger partial charge in [-0.05, 0) is 37.6 Å². The Bertz CT molecular complexity index is 564. The van der Waals surface area contributed by atoms with Gasteiger partial charge in [-0.15, -0.1) is 0 Å². The fourth-order valence-electron chi connectivity index (χ4n) is 2.04. The average Bonchev–Trinajstić information content (AvgIpc) is 2.51. The van der Waals surface area contributed by atoms with Crippen LogP contribution in [-0.2, 0) is 14.3 Å². The Balaban J connectivity index is 2.96. The second-order valence-electron chi connectivity index (χ2n) is 5.41. The average molecular weight is 322 g/mol. The molecule has 0 heterocycles. The third kappa shape index (κ3) is 5.32. The highest BCUT2D eigenvalue weighted by atomic mass is 16.5. The Hall–Kier alpha value is -2.50. The van der Waals surface area contributed by atoms with Crippen molar-refractivity contribution in [3.8, 4) is 17.2 Å². The molecule has 0 spiro atoms. The quantitative estimate of drug-likeness (QED) is 0.514. The van der Waals surface area contributed by atoms with Crippen molar-refractivity contribution in [1.29, 1.82) is 0 Å². The van der Waals surface area contributed by atoms with Crippen molar-refractivity contribution in [2.24, 2.45) is 0 Å². The van der Waals surface area contributed by atoms with Gasteiger partial charge in [-0.2, -0.15) is 0 Å². The van der Waals surface area contributed by atoms with Crippen molar-refractivity contribution in [2.45, 2.75) is 25.9 Å². The number of methoxy groups -OCH3 is 3. The SMILES string of the molecule is COc1cc(C=CC(=O)CC(C)(C)OC=O)cc(OC)c1OC. The molecule has 0 aromatic heterocycles. The number of rotatable bonds is 9. The maximum absolute atomic E-state index is 12.0. The van der Waals surface area contributed by atoms with E-state index in [1.807, 2.05) is 0 Å². The summed E-state index contributed by atoms with van der Waals surface area (Å²) in [6.45, 7) is 3.69. The van der Waals surface area contributed by atoms with Crippen LogP contribution in [0.5, 0.6) is 17.2 Å². The fourth-order valence-corrected chi connectivity index (χ4v) is 2.04. The van der Waals surface area contributed by atoms with Crippen molar-refractivity contribution in [2.75, 3.05) is 21.3 Å². The lowest BCUT2D eigenvalue weighted by Crippen LogP contribution is -2.26. The molecule has 0 saturated heterocycles. The van der Waals surface area contributed by atoms with Gasteiger partial charge in [-0.25, -0.2) is 0 Å². The molecule has 0 atom stereocenters. The molecule has 0 fully saturated rings. The van der Waals surface area contributed by atoms with Gasteiger partial charge in [0, 0.05) is 6.42 Å². The van der Waals surface area contributed by atoms with Gasteiger partial charge in [0.2, 0.25) is 5.75 Å². The van der Waals surface area contributed by atoms with Crippen LogP contribution in [0.1, 0.15) is 25.8 Å². The van der Waals surface area contributed by atoms with Gasteiger partial charge in [0.25, 0.3) is 6.47 Å². The highest BCUT2D eigenvalue weighted by molar-refractivity contribution is 5.94. The number of benzene rings is 1. The molecule has 6 nitrogen and oxygen atoms in total. The van der Waals surface area contributed by atoms with E-state index in [0.29, 0.717) is 23.7 Å². The molecular formula is C17H22O6. The van der Waals surface area contributed by atoms with Gasteiger partial charge in [0.1, 0.15) is 5.60 Å². The van der Waals surface area contributed by atoms with Gasteiger partial charge in [0.05, 0.1) is 21.3 Å². The maximum atomic E-state index is 12.0. The van der Waals surface area contributed by atoms with Crippen molar-refractivity contribution in [3.05, 3.63) is 23.8 Å². The van der Waals surface area contributed by atoms with Crippen LogP contribution in [0, 0.1) is 0 Å². The van der Waals surface area contributed by atoms with Gasteiger partial charge < -0.3 is 18.9 Å². The summed E-state index contributed by atoms with van der Waals surface area (Å²) in [4.78, 5) is 22.4. The summed E-state index contributed by atoms with van der Waals surface area (Å²) >= 11 is 0. The van der Waals surface area contributed by atoms with Crippen molar-refractivity contribution < 1.29 is 28.5 Å². The Kier molecular flexibility index (Phi) is 6.63. The number of ether oxygens (including phenoxy) is 4. The predicted octanol–water partition coefficient (Wildman–Crippen LogP) is 2.64.